The molecule has 0 aliphatic heterocycles. The van der Waals surface area contributed by atoms with Gasteiger partial charge in [0.25, 0.3) is 5.91 Å². The highest BCUT2D eigenvalue weighted by Gasteiger charge is 2.05. The zero-order valence-corrected chi connectivity index (χ0v) is 10.6. The Morgan fingerprint density at radius 1 is 0.950 bits per heavy atom. The number of amides is 1. The largest absolute Gasteiger partial charge is 0.322 e. The van der Waals surface area contributed by atoms with Gasteiger partial charge in [-0.3, -0.25) is 14.9 Å². The Kier molecular flexibility index (Phi) is 3.24. The van der Waals surface area contributed by atoms with E-state index in [2.05, 4.69) is 20.5 Å². The Balaban J connectivity index is 1.74. The molecule has 20 heavy (non-hydrogen) atoms. The summed E-state index contributed by atoms with van der Waals surface area (Å²) in [7, 11) is 0. The molecule has 2 aromatic heterocycles. The van der Waals surface area contributed by atoms with E-state index in [0.717, 1.165) is 16.9 Å². The van der Waals surface area contributed by atoms with Gasteiger partial charge in [0.05, 0.1) is 5.69 Å². The summed E-state index contributed by atoms with van der Waals surface area (Å²) in [4.78, 5) is 15.9. The van der Waals surface area contributed by atoms with Gasteiger partial charge in [0.2, 0.25) is 0 Å². The summed E-state index contributed by atoms with van der Waals surface area (Å²) in [6.45, 7) is 0. The Bertz CT molecular complexity index is 691. The molecule has 0 fully saturated rings. The van der Waals surface area contributed by atoms with Gasteiger partial charge in [-0.25, -0.2) is 0 Å². The summed E-state index contributed by atoms with van der Waals surface area (Å²) in [6.07, 6.45) is 4.89. The molecule has 2 N–H and O–H groups in total. The van der Waals surface area contributed by atoms with Crippen LogP contribution in [0.4, 0.5) is 5.69 Å². The lowest BCUT2D eigenvalue weighted by Gasteiger charge is -2.05. The van der Waals surface area contributed by atoms with Crippen LogP contribution in [0.5, 0.6) is 0 Å². The van der Waals surface area contributed by atoms with E-state index in [0.29, 0.717) is 5.56 Å². The maximum atomic E-state index is 12.0. The fraction of sp³-hybridized carbons (Fsp3) is 0. The summed E-state index contributed by atoms with van der Waals surface area (Å²) in [5.74, 6) is -0.151. The Labute approximate surface area is 115 Å². The van der Waals surface area contributed by atoms with Crippen LogP contribution >= 0.6 is 0 Å². The molecule has 0 unspecified atom stereocenters. The maximum absolute atomic E-state index is 12.0. The van der Waals surface area contributed by atoms with Crippen LogP contribution in [0.1, 0.15) is 10.4 Å². The van der Waals surface area contributed by atoms with Crippen molar-refractivity contribution >= 4 is 11.6 Å². The van der Waals surface area contributed by atoms with Crippen LogP contribution in [0, 0.1) is 0 Å². The van der Waals surface area contributed by atoms with E-state index in [-0.39, 0.29) is 5.91 Å². The summed E-state index contributed by atoms with van der Waals surface area (Å²) < 4.78 is 0. The number of H-pyrrole nitrogens is 1. The number of anilines is 1. The van der Waals surface area contributed by atoms with Crippen LogP contribution in [-0.2, 0) is 0 Å². The van der Waals surface area contributed by atoms with Gasteiger partial charge < -0.3 is 5.32 Å². The summed E-state index contributed by atoms with van der Waals surface area (Å²) in [5.41, 5.74) is 3.29. The van der Waals surface area contributed by atoms with Crippen molar-refractivity contribution in [3.63, 3.8) is 0 Å². The standard InChI is InChI=1S/C15H12N4O/c20-15(12-5-8-16-9-6-12)18-13-3-1-11(2-4-13)14-7-10-17-19-14/h1-10H,(H,17,19)(H,18,20). The van der Waals surface area contributed by atoms with Crippen LogP contribution in [0.3, 0.4) is 0 Å². The second-order valence-corrected chi connectivity index (χ2v) is 4.24. The second kappa shape index (κ2) is 5.36. The molecule has 0 radical (unpaired) electrons. The van der Waals surface area contributed by atoms with E-state index in [9.17, 15) is 4.79 Å². The fourth-order valence-corrected chi connectivity index (χ4v) is 1.86. The van der Waals surface area contributed by atoms with Crippen molar-refractivity contribution in [2.24, 2.45) is 0 Å². The van der Waals surface area contributed by atoms with Crippen molar-refractivity contribution in [1.29, 1.82) is 0 Å². The molecular formula is C15H12N4O. The molecule has 1 aromatic carbocycles. The molecule has 0 aliphatic carbocycles. The van der Waals surface area contributed by atoms with Gasteiger partial charge in [-0.15, -0.1) is 0 Å². The molecule has 0 spiro atoms. The highest BCUT2D eigenvalue weighted by atomic mass is 16.1. The summed E-state index contributed by atoms with van der Waals surface area (Å²) in [5, 5.41) is 9.64. The minimum Gasteiger partial charge on any atom is -0.322 e. The average molecular weight is 264 g/mol. The molecule has 0 atom stereocenters. The van der Waals surface area contributed by atoms with Crippen molar-refractivity contribution in [2.45, 2.75) is 0 Å². The van der Waals surface area contributed by atoms with Gasteiger partial charge in [-0.05, 0) is 35.9 Å². The monoisotopic (exact) mass is 264 g/mol. The lowest BCUT2D eigenvalue weighted by Crippen LogP contribution is -2.11. The first-order valence-electron chi connectivity index (χ1n) is 6.14. The summed E-state index contributed by atoms with van der Waals surface area (Å²) >= 11 is 0. The molecule has 5 nitrogen and oxygen atoms in total. The smallest absolute Gasteiger partial charge is 0.255 e. The molecule has 2 heterocycles. The molecule has 5 heteroatoms. The van der Waals surface area contributed by atoms with Crippen molar-refractivity contribution in [3.05, 3.63) is 66.6 Å². The molecule has 3 aromatic rings. The van der Waals surface area contributed by atoms with Crippen LogP contribution in [0.15, 0.2) is 61.1 Å². The first kappa shape index (κ1) is 12.1. The molecule has 0 bridgehead atoms. The quantitative estimate of drug-likeness (QED) is 0.764. The summed E-state index contributed by atoms with van der Waals surface area (Å²) in [6, 6.07) is 12.8. The van der Waals surface area contributed by atoms with Gasteiger partial charge in [-0.1, -0.05) is 12.1 Å². The third kappa shape index (κ3) is 2.56. The number of aromatic nitrogens is 3. The van der Waals surface area contributed by atoms with Crippen molar-refractivity contribution in [2.75, 3.05) is 5.32 Å². The highest BCUT2D eigenvalue weighted by Crippen LogP contribution is 2.19. The number of nitrogens with one attached hydrogen (secondary N) is 2. The van der Waals surface area contributed by atoms with Crippen molar-refractivity contribution in [1.82, 2.24) is 15.2 Å². The van der Waals surface area contributed by atoms with E-state index in [4.69, 9.17) is 0 Å². The fourth-order valence-electron chi connectivity index (χ4n) is 1.86. The van der Waals surface area contributed by atoms with Crippen LogP contribution < -0.4 is 5.32 Å². The van der Waals surface area contributed by atoms with Crippen LogP contribution in [0.2, 0.25) is 0 Å². The van der Waals surface area contributed by atoms with E-state index < -0.39 is 0 Å². The van der Waals surface area contributed by atoms with E-state index in [1.807, 2.05) is 30.3 Å². The molecule has 0 saturated carbocycles. The zero-order valence-electron chi connectivity index (χ0n) is 10.6. The Morgan fingerprint density at radius 2 is 1.70 bits per heavy atom. The molecule has 3 rings (SSSR count). The minimum absolute atomic E-state index is 0.151. The second-order valence-electron chi connectivity index (χ2n) is 4.24. The van der Waals surface area contributed by atoms with Gasteiger partial charge in [0, 0.05) is 29.8 Å². The number of hydrogen-bond donors (Lipinski definition) is 2. The van der Waals surface area contributed by atoms with Crippen molar-refractivity contribution in [3.8, 4) is 11.3 Å². The normalized spacial score (nSPS) is 10.2. The number of nitrogens with zero attached hydrogens (tertiary/aromatic N) is 2. The molecule has 1 amide bonds. The minimum atomic E-state index is -0.151. The third-order valence-electron chi connectivity index (χ3n) is 2.90. The number of hydrogen-bond acceptors (Lipinski definition) is 3. The van der Waals surface area contributed by atoms with E-state index >= 15 is 0 Å². The van der Waals surface area contributed by atoms with Crippen LogP contribution in [0.25, 0.3) is 11.3 Å². The average Bonchev–Trinajstić information content (AvgIpc) is 3.03. The molecule has 98 valence electrons. The number of carbonyl (C=O) groups excluding carboxylic acids is 1. The van der Waals surface area contributed by atoms with Gasteiger partial charge in [0.1, 0.15) is 0 Å². The van der Waals surface area contributed by atoms with E-state index in [1.165, 1.54) is 0 Å². The van der Waals surface area contributed by atoms with Gasteiger partial charge in [0.15, 0.2) is 0 Å². The Morgan fingerprint density at radius 3 is 2.35 bits per heavy atom. The molecular weight excluding hydrogens is 252 g/mol. The predicted octanol–water partition coefficient (Wildman–Crippen LogP) is 2.72. The zero-order chi connectivity index (χ0) is 13.8. The first-order chi connectivity index (χ1) is 9.83. The highest BCUT2D eigenvalue weighted by molar-refractivity contribution is 6.04. The Hall–Kier alpha value is -2.95. The lowest BCUT2D eigenvalue weighted by atomic mass is 10.1. The number of aromatic amines is 1. The lowest BCUT2D eigenvalue weighted by molar-refractivity contribution is 0.102. The van der Waals surface area contributed by atoms with Gasteiger partial charge in [-0.2, -0.15) is 5.10 Å². The van der Waals surface area contributed by atoms with Crippen molar-refractivity contribution < 1.29 is 4.79 Å². The SMILES string of the molecule is O=C(Nc1ccc(-c2ccn[nH]2)cc1)c1ccncc1. The predicted molar refractivity (Wildman–Crippen MR) is 76.2 cm³/mol. The topological polar surface area (TPSA) is 70.7 Å². The molecule has 0 aliphatic rings. The maximum Gasteiger partial charge on any atom is 0.255 e. The first-order valence-corrected chi connectivity index (χ1v) is 6.14. The van der Waals surface area contributed by atoms with E-state index in [1.54, 1.807) is 30.7 Å². The number of pyridine rings is 1. The molecule has 0 saturated heterocycles. The third-order valence-corrected chi connectivity index (χ3v) is 2.90. The number of rotatable bonds is 3. The number of carbonyl (C=O) groups is 1. The number of benzene rings is 1. The van der Waals surface area contributed by atoms with Gasteiger partial charge >= 0.3 is 0 Å². The van der Waals surface area contributed by atoms with Crippen LogP contribution in [-0.4, -0.2) is 21.1 Å².